The van der Waals surface area contributed by atoms with Crippen LogP contribution < -0.4 is 11.3 Å². The van der Waals surface area contributed by atoms with Crippen LogP contribution in [-0.4, -0.2) is 4.98 Å². The van der Waals surface area contributed by atoms with Gasteiger partial charge in [-0.3, -0.25) is 5.84 Å². The van der Waals surface area contributed by atoms with E-state index in [-0.39, 0.29) is 11.9 Å². The maximum atomic E-state index is 13.2. The van der Waals surface area contributed by atoms with Gasteiger partial charge in [-0.1, -0.05) is 11.6 Å². The molecule has 0 aliphatic rings. The van der Waals surface area contributed by atoms with E-state index in [1.165, 1.54) is 29.5 Å². The van der Waals surface area contributed by atoms with Crippen molar-refractivity contribution in [1.82, 2.24) is 10.4 Å². The third kappa shape index (κ3) is 2.47. The number of nitrogens with zero attached hydrogens (tertiary/aromatic N) is 1. The van der Waals surface area contributed by atoms with Crippen molar-refractivity contribution in [3.63, 3.8) is 0 Å². The number of hydrazine groups is 1. The van der Waals surface area contributed by atoms with Crippen molar-refractivity contribution in [2.75, 3.05) is 0 Å². The van der Waals surface area contributed by atoms with E-state index < -0.39 is 0 Å². The highest BCUT2D eigenvalue weighted by molar-refractivity contribution is 7.09. The largest absolute Gasteiger partial charge is 0.271 e. The lowest BCUT2D eigenvalue weighted by molar-refractivity contribution is 0.607. The molecule has 0 radical (unpaired) electrons. The number of nitrogens with one attached hydrogen (secondary N) is 1. The van der Waals surface area contributed by atoms with Crippen LogP contribution in [0.25, 0.3) is 0 Å². The summed E-state index contributed by atoms with van der Waals surface area (Å²) in [5, 5.41) is 0.474. The fraction of sp³-hybridized carbons (Fsp3) is 0.182. The molecule has 0 saturated heterocycles. The number of aromatic nitrogens is 1. The Kier molecular flexibility index (Phi) is 3.73. The number of thiazole rings is 1. The van der Waals surface area contributed by atoms with Crippen LogP contribution >= 0.6 is 22.9 Å². The molecule has 0 bridgehead atoms. The zero-order valence-electron chi connectivity index (χ0n) is 9.08. The fourth-order valence-electron chi connectivity index (χ4n) is 1.63. The van der Waals surface area contributed by atoms with Crippen molar-refractivity contribution in [2.24, 2.45) is 5.84 Å². The lowest BCUT2D eigenvalue weighted by Crippen LogP contribution is -2.29. The number of hydrogen-bond donors (Lipinski definition) is 2. The SMILES string of the molecule is Cc1ncsc1C(NN)c1cc(F)ccc1Cl. The minimum Gasteiger partial charge on any atom is -0.271 e. The molecule has 6 heteroatoms. The molecular formula is C11H11ClFN3S. The van der Waals surface area contributed by atoms with E-state index in [1.54, 1.807) is 5.51 Å². The van der Waals surface area contributed by atoms with Crippen LogP contribution in [-0.2, 0) is 0 Å². The van der Waals surface area contributed by atoms with Gasteiger partial charge in [0.2, 0.25) is 0 Å². The van der Waals surface area contributed by atoms with E-state index in [9.17, 15) is 4.39 Å². The second-order valence-electron chi connectivity index (χ2n) is 3.57. The van der Waals surface area contributed by atoms with Crippen LogP contribution in [0.4, 0.5) is 4.39 Å². The quantitative estimate of drug-likeness (QED) is 0.667. The van der Waals surface area contributed by atoms with Crippen molar-refractivity contribution in [1.29, 1.82) is 0 Å². The molecule has 1 unspecified atom stereocenters. The van der Waals surface area contributed by atoms with Gasteiger partial charge in [0.05, 0.1) is 22.1 Å². The first-order valence-corrected chi connectivity index (χ1v) is 6.20. The first kappa shape index (κ1) is 12.4. The molecule has 2 rings (SSSR count). The van der Waals surface area contributed by atoms with Gasteiger partial charge >= 0.3 is 0 Å². The summed E-state index contributed by atoms with van der Waals surface area (Å²) in [5.74, 6) is 5.19. The Hall–Kier alpha value is -1.01. The molecule has 90 valence electrons. The van der Waals surface area contributed by atoms with E-state index in [0.29, 0.717) is 10.6 Å². The van der Waals surface area contributed by atoms with Gasteiger partial charge in [-0.15, -0.1) is 11.3 Å². The fourth-order valence-corrected chi connectivity index (χ4v) is 2.74. The summed E-state index contributed by atoms with van der Waals surface area (Å²) < 4.78 is 13.2. The van der Waals surface area contributed by atoms with E-state index in [0.717, 1.165) is 10.6 Å². The molecular weight excluding hydrogens is 261 g/mol. The molecule has 1 aromatic heterocycles. The smallest absolute Gasteiger partial charge is 0.123 e. The Labute approximate surface area is 107 Å². The topological polar surface area (TPSA) is 50.9 Å². The second-order valence-corrected chi connectivity index (χ2v) is 4.86. The Morgan fingerprint density at radius 1 is 1.53 bits per heavy atom. The van der Waals surface area contributed by atoms with Crippen molar-refractivity contribution >= 4 is 22.9 Å². The molecule has 3 N–H and O–H groups in total. The summed E-state index contributed by atoms with van der Waals surface area (Å²) in [5.41, 5.74) is 5.85. The Morgan fingerprint density at radius 3 is 2.88 bits per heavy atom. The highest BCUT2D eigenvalue weighted by Crippen LogP contribution is 2.32. The molecule has 2 aromatic rings. The number of nitrogens with two attached hydrogens (primary N) is 1. The zero-order valence-corrected chi connectivity index (χ0v) is 10.6. The van der Waals surface area contributed by atoms with Crippen LogP contribution in [0, 0.1) is 12.7 Å². The Balaban J connectivity index is 2.49. The van der Waals surface area contributed by atoms with E-state index in [2.05, 4.69) is 10.4 Å². The highest BCUT2D eigenvalue weighted by Gasteiger charge is 2.20. The Bertz CT molecular complexity index is 529. The summed E-state index contributed by atoms with van der Waals surface area (Å²) >= 11 is 7.52. The normalized spacial score (nSPS) is 12.7. The number of halogens is 2. The van der Waals surface area contributed by atoms with Gasteiger partial charge < -0.3 is 0 Å². The maximum absolute atomic E-state index is 13.2. The summed E-state index contributed by atoms with van der Waals surface area (Å²) in [6.07, 6.45) is 0. The molecule has 1 atom stereocenters. The molecule has 1 aromatic carbocycles. The monoisotopic (exact) mass is 271 g/mol. The first-order valence-electron chi connectivity index (χ1n) is 4.94. The molecule has 0 saturated carbocycles. The molecule has 0 aliphatic carbocycles. The van der Waals surface area contributed by atoms with Crippen LogP contribution in [0.5, 0.6) is 0 Å². The summed E-state index contributed by atoms with van der Waals surface area (Å²) in [7, 11) is 0. The molecule has 0 amide bonds. The summed E-state index contributed by atoms with van der Waals surface area (Å²) in [4.78, 5) is 5.08. The van der Waals surface area contributed by atoms with Crippen LogP contribution in [0.3, 0.4) is 0 Å². The predicted molar refractivity (Wildman–Crippen MR) is 67.4 cm³/mol. The van der Waals surface area contributed by atoms with Crippen LogP contribution in [0.2, 0.25) is 5.02 Å². The summed E-state index contributed by atoms with van der Waals surface area (Å²) in [6.45, 7) is 1.88. The van der Waals surface area contributed by atoms with Crippen molar-refractivity contribution in [3.05, 3.63) is 50.7 Å². The van der Waals surface area contributed by atoms with E-state index in [4.69, 9.17) is 17.4 Å². The van der Waals surface area contributed by atoms with Gasteiger partial charge in [0, 0.05) is 5.02 Å². The molecule has 0 aliphatic heterocycles. The average molecular weight is 272 g/mol. The van der Waals surface area contributed by atoms with Crippen molar-refractivity contribution < 1.29 is 4.39 Å². The lowest BCUT2D eigenvalue weighted by Gasteiger charge is -2.16. The standard InChI is InChI=1S/C11H11ClFN3S/c1-6-11(17-5-15-6)10(16-14)8-4-7(13)2-3-9(8)12/h2-5,10,16H,14H2,1H3. The van der Waals surface area contributed by atoms with Crippen molar-refractivity contribution in [2.45, 2.75) is 13.0 Å². The van der Waals surface area contributed by atoms with Crippen LogP contribution in [0.15, 0.2) is 23.7 Å². The Morgan fingerprint density at radius 2 is 2.29 bits per heavy atom. The lowest BCUT2D eigenvalue weighted by atomic mass is 10.0. The molecule has 3 nitrogen and oxygen atoms in total. The van der Waals surface area contributed by atoms with Gasteiger partial charge in [0.15, 0.2) is 0 Å². The third-order valence-electron chi connectivity index (χ3n) is 2.48. The molecule has 17 heavy (non-hydrogen) atoms. The highest BCUT2D eigenvalue weighted by atomic mass is 35.5. The van der Waals surface area contributed by atoms with Crippen molar-refractivity contribution in [3.8, 4) is 0 Å². The van der Waals surface area contributed by atoms with E-state index in [1.807, 2.05) is 6.92 Å². The predicted octanol–water partition coefficient (Wildman–Crippen LogP) is 2.80. The zero-order chi connectivity index (χ0) is 12.4. The maximum Gasteiger partial charge on any atom is 0.123 e. The number of rotatable bonds is 3. The van der Waals surface area contributed by atoms with E-state index >= 15 is 0 Å². The molecule has 0 fully saturated rings. The van der Waals surface area contributed by atoms with Gasteiger partial charge in [-0.2, -0.15) is 0 Å². The van der Waals surface area contributed by atoms with Gasteiger partial charge in [-0.25, -0.2) is 14.8 Å². The minimum absolute atomic E-state index is 0.341. The van der Waals surface area contributed by atoms with Crippen LogP contribution in [0.1, 0.15) is 22.2 Å². The number of benzene rings is 1. The first-order chi connectivity index (χ1) is 8.13. The molecule has 1 heterocycles. The van der Waals surface area contributed by atoms with Gasteiger partial charge in [0.25, 0.3) is 0 Å². The third-order valence-corrected chi connectivity index (χ3v) is 3.82. The van der Waals surface area contributed by atoms with Gasteiger partial charge in [0.1, 0.15) is 5.82 Å². The average Bonchev–Trinajstić information content (AvgIpc) is 2.71. The number of aryl methyl sites for hydroxylation is 1. The van der Waals surface area contributed by atoms with Gasteiger partial charge in [-0.05, 0) is 30.7 Å². The second kappa shape index (κ2) is 5.10. The molecule has 0 spiro atoms. The summed E-state index contributed by atoms with van der Waals surface area (Å²) in [6, 6.07) is 3.88. The minimum atomic E-state index is -0.342. The number of hydrogen-bond acceptors (Lipinski definition) is 4.